The summed E-state index contributed by atoms with van der Waals surface area (Å²) in [5, 5.41) is 2.63. The van der Waals surface area contributed by atoms with Gasteiger partial charge in [-0.2, -0.15) is 8.42 Å². The highest BCUT2D eigenvalue weighted by Crippen LogP contribution is 2.25. The van der Waals surface area contributed by atoms with Gasteiger partial charge in [-0.1, -0.05) is 18.6 Å². The molecule has 0 spiro atoms. The highest BCUT2D eigenvalue weighted by molar-refractivity contribution is 7.87. The van der Waals surface area contributed by atoms with Crippen LogP contribution >= 0.6 is 0 Å². The highest BCUT2D eigenvalue weighted by Gasteiger charge is 2.20. The summed E-state index contributed by atoms with van der Waals surface area (Å²) in [4.78, 5) is 23.0. The summed E-state index contributed by atoms with van der Waals surface area (Å²) in [5.41, 5.74) is 1.52. The molecule has 1 N–H and O–H groups in total. The molecular formula is C18H19NO5S. The van der Waals surface area contributed by atoms with Crippen molar-refractivity contribution in [3.63, 3.8) is 0 Å². The second kappa shape index (κ2) is 7.48. The average molecular weight is 361 g/mol. The predicted octanol–water partition coefficient (Wildman–Crippen LogP) is 3.31. The summed E-state index contributed by atoms with van der Waals surface area (Å²) in [6.07, 6.45) is 0.324. The van der Waals surface area contributed by atoms with E-state index >= 15 is 0 Å². The van der Waals surface area contributed by atoms with E-state index in [0.29, 0.717) is 12.1 Å². The lowest BCUT2D eigenvalue weighted by molar-refractivity contribution is -0.115. The van der Waals surface area contributed by atoms with Crippen molar-refractivity contribution in [3.8, 4) is 5.75 Å². The molecule has 2 aromatic rings. The quantitative estimate of drug-likeness (QED) is 0.630. The molecule has 0 aliphatic heterocycles. The Morgan fingerprint density at radius 1 is 1.08 bits per heavy atom. The van der Waals surface area contributed by atoms with E-state index in [0.717, 1.165) is 5.56 Å². The standard InChI is InChI=1S/C18H19NO5S/c1-4-18(21)19-14-6-8-15(9-7-14)25(22,23)24-17-10-5-12(2)11-16(17)13(3)20/h5-11H,4H2,1-3H3,(H,19,21). The Kier molecular flexibility index (Phi) is 5.58. The number of hydrogen-bond acceptors (Lipinski definition) is 5. The first-order valence-electron chi connectivity index (χ1n) is 7.69. The molecule has 0 aliphatic carbocycles. The fourth-order valence-electron chi connectivity index (χ4n) is 2.11. The van der Waals surface area contributed by atoms with Crippen LogP contribution in [-0.4, -0.2) is 20.1 Å². The number of nitrogens with one attached hydrogen (secondary N) is 1. The maximum absolute atomic E-state index is 12.4. The van der Waals surface area contributed by atoms with Crippen molar-refractivity contribution in [1.82, 2.24) is 0 Å². The zero-order valence-electron chi connectivity index (χ0n) is 14.2. The van der Waals surface area contributed by atoms with Gasteiger partial charge in [0, 0.05) is 12.1 Å². The van der Waals surface area contributed by atoms with Crippen LogP contribution in [0.3, 0.4) is 0 Å². The van der Waals surface area contributed by atoms with Gasteiger partial charge in [-0.15, -0.1) is 0 Å². The Balaban J connectivity index is 2.28. The summed E-state index contributed by atoms with van der Waals surface area (Å²) < 4.78 is 30.0. The third kappa shape index (κ3) is 4.67. The number of ketones is 1. The van der Waals surface area contributed by atoms with Crippen molar-refractivity contribution in [2.75, 3.05) is 5.32 Å². The van der Waals surface area contributed by atoms with E-state index in [1.807, 2.05) is 0 Å². The molecule has 7 heteroatoms. The fraction of sp³-hybridized carbons (Fsp3) is 0.222. The average Bonchev–Trinajstić information content (AvgIpc) is 2.56. The number of carbonyl (C=O) groups is 2. The van der Waals surface area contributed by atoms with Gasteiger partial charge in [-0.05, 0) is 50.2 Å². The van der Waals surface area contributed by atoms with E-state index in [1.54, 1.807) is 26.0 Å². The first kappa shape index (κ1) is 18.7. The third-order valence-corrected chi connectivity index (χ3v) is 4.71. The van der Waals surface area contributed by atoms with Gasteiger partial charge in [0.05, 0.1) is 5.56 Å². The summed E-state index contributed by atoms with van der Waals surface area (Å²) in [5.74, 6) is -0.467. The number of rotatable bonds is 6. The van der Waals surface area contributed by atoms with Crippen LogP contribution in [0.4, 0.5) is 5.69 Å². The van der Waals surface area contributed by atoms with Crippen molar-refractivity contribution in [1.29, 1.82) is 0 Å². The molecule has 6 nitrogen and oxygen atoms in total. The van der Waals surface area contributed by atoms with E-state index in [4.69, 9.17) is 4.18 Å². The number of aryl methyl sites for hydroxylation is 1. The number of anilines is 1. The van der Waals surface area contributed by atoms with Gasteiger partial charge < -0.3 is 9.50 Å². The molecule has 132 valence electrons. The van der Waals surface area contributed by atoms with E-state index in [2.05, 4.69) is 5.32 Å². The molecule has 0 heterocycles. The first-order chi connectivity index (χ1) is 11.7. The van der Waals surface area contributed by atoms with E-state index < -0.39 is 10.1 Å². The fourth-order valence-corrected chi connectivity index (χ4v) is 3.06. The summed E-state index contributed by atoms with van der Waals surface area (Å²) in [6, 6.07) is 10.3. The van der Waals surface area contributed by atoms with E-state index in [9.17, 15) is 18.0 Å². The second-order valence-corrected chi connectivity index (χ2v) is 7.07. The van der Waals surface area contributed by atoms with Crippen molar-refractivity contribution < 1.29 is 22.2 Å². The lowest BCUT2D eigenvalue weighted by Gasteiger charge is -2.11. The molecule has 0 radical (unpaired) electrons. The van der Waals surface area contributed by atoms with E-state index in [-0.39, 0.29) is 27.9 Å². The van der Waals surface area contributed by atoms with Crippen LogP contribution in [0.15, 0.2) is 47.4 Å². The molecule has 0 saturated heterocycles. The van der Waals surface area contributed by atoms with Gasteiger partial charge in [-0.25, -0.2) is 0 Å². The molecule has 0 aliphatic rings. The van der Waals surface area contributed by atoms with Crippen LogP contribution in [-0.2, 0) is 14.9 Å². The number of hydrogen-bond donors (Lipinski definition) is 1. The maximum Gasteiger partial charge on any atom is 0.339 e. The normalized spacial score (nSPS) is 11.0. The van der Waals surface area contributed by atoms with Crippen LogP contribution in [0, 0.1) is 6.92 Å². The van der Waals surface area contributed by atoms with Gasteiger partial charge in [0.15, 0.2) is 11.5 Å². The zero-order chi connectivity index (χ0) is 18.6. The smallest absolute Gasteiger partial charge is 0.339 e. The number of amides is 1. The van der Waals surface area contributed by atoms with Crippen LogP contribution in [0.1, 0.15) is 36.2 Å². The SMILES string of the molecule is CCC(=O)Nc1ccc(S(=O)(=O)Oc2ccc(C)cc2C(C)=O)cc1. The highest BCUT2D eigenvalue weighted by atomic mass is 32.2. The van der Waals surface area contributed by atoms with Gasteiger partial charge >= 0.3 is 10.1 Å². The van der Waals surface area contributed by atoms with Crippen LogP contribution in [0.25, 0.3) is 0 Å². The molecule has 0 unspecified atom stereocenters. The van der Waals surface area contributed by atoms with Crippen LogP contribution in [0.2, 0.25) is 0 Å². The summed E-state index contributed by atoms with van der Waals surface area (Å²) in [6.45, 7) is 4.86. The molecule has 2 aromatic carbocycles. The minimum absolute atomic E-state index is 0.0125. The summed E-state index contributed by atoms with van der Waals surface area (Å²) in [7, 11) is -4.10. The molecule has 0 bridgehead atoms. The topological polar surface area (TPSA) is 89.5 Å². The first-order valence-corrected chi connectivity index (χ1v) is 9.09. The Morgan fingerprint density at radius 2 is 1.72 bits per heavy atom. The maximum atomic E-state index is 12.4. The van der Waals surface area contributed by atoms with Crippen molar-refractivity contribution >= 4 is 27.5 Å². The van der Waals surface area contributed by atoms with Gasteiger partial charge in [0.2, 0.25) is 5.91 Å². The Morgan fingerprint density at radius 3 is 2.28 bits per heavy atom. The monoisotopic (exact) mass is 361 g/mol. The molecule has 25 heavy (non-hydrogen) atoms. The third-order valence-electron chi connectivity index (χ3n) is 3.46. The van der Waals surface area contributed by atoms with Gasteiger partial charge in [0.25, 0.3) is 0 Å². The lowest BCUT2D eigenvalue weighted by atomic mass is 10.1. The Bertz CT molecular complexity index is 902. The molecule has 0 fully saturated rings. The Labute approximate surface area is 146 Å². The molecule has 0 atom stereocenters. The summed E-state index contributed by atoms with van der Waals surface area (Å²) >= 11 is 0. The molecule has 0 aromatic heterocycles. The van der Waals surface area contributed by atoms with Crippen LogP contribution < -0.4 is 9.50 Å². The van der Waals surface area contributed by atoms with Crippen molar-refractivity contribution in [2.45, 2.75) is 32.1 Å². The molecule has 1 amide bonds. The van der Waals surface area contributed by atoms with Crippen molar-refractivity contribution in [3.05, 3.63) is 53.6 Å². The molecular weight excluding hydrogens is 342 g/mol. The van der Waals surface area contributed by atoms with E-state index in [1.165, 1.54) is 37.3 Å². The van der Waals surface area contributed by atoms with Gasteiger partial charge in [0.1, 0.15) is 4.90 Å². The predicted molar refractivity (Wildman–Crippen MR) is 94.4 cm³/mol. The number of benzene rings is 2. The number of Topliss-reactive ketones (excluding diaryl/α,β-unsaturated/α-hetero) is 1. The minimum Gasteiger partial charge on any atom is -0.378 e. The largest absolute Gasteiger partial charge is 0.378 e. The molecule has 2 rings (SSSR count). The minimum atomic E-state index is -4.10. The zero-order valence-corrected chi connectivity index (χ0v) is 15.0. The lowest BCUT2D eigenvalue weighted by Crippen LogP contribution is -2.13. The van der Waals surface area contributed by atoms with Crippen molar-refractivity contribution in [2.24, 2.45) is 0 Å². The number of carbonyl (C=O) groups excluding carboxylic acids is 2. The molecule has 0 saturated carbocycles. The van der Waals surface area contributed by atoms with Crippen LogP contribution in [0.5, 0.6) is 5.75 Å². The Hall–Kier alpha value is -2.67. The second-order valence-electron chi connectivity index (χ2n) is 5.52. The van der Waals surface area contributed by atoms with Gasteiger partial charge in [-0.3, -0.25) is 9.59 Å².